The second kappa shape index (κ2) is 5.02. The van der Waals surface area contributed by atoms with E-state index in [1.54, 1.807) is 12.4 Å². The highest BCUT2D eigenvalue weighted by atomic mass is 28.3. The number of hydrogen-bond donors (Lipinski definition) is 1. The molecule has 0 bridgehead atoms. The van der Waals surface area contributed by atoms with Crippen LogP contribution >= 0.6 is 0 Å². The predicted octanol–water partition coefficient (Wildman–Crippen LogP) is 1.52. The lowest BCUT2D eigenvalue weighted by atomic mass is 10.3. The van der Waals surface area contributed by atoms with Crippen LogP contribution in [0.3, 0.4) is 0 Å². The monoisotopic (exact) mass is 222 g/mol. The molecule has 4 nitrogen and oxygen atoms in total. The molecule has 82 valence electrons. The Hall–Kier alpha value is -1.23. The number of hydrogen-bond acceptors (Lipinski definition) is 3. The zero-order valence-electron chi connectivity index (χ0n) is 9.57. The van der Waals surface area contributed by atoms with Crippen molar-refractivity contribution in [2.75, 3.05) is 6.54 Å². The van der Waals surface area contributed by atoms with E-state index in [1.807, 2.05) is 0 Å². The first-order chi connectivity index (χ1) is 6.99. The molecule has 0 spiro atoms. The fourth-order valence-corrected chi connectivity index (χ4v) is 1.82. The molecule has 0 atom stereocenters. The molecule has 1 heterocycles. The van der Waals surface area contributed by atoms with Crippen LogP contribution in [-0.4, -0.2) is 30.4 Å². The Bertz CT molecular complexity index is 329. The molecule has 5 heteroatoms. The molecule has 0 aliphatic rings. The Morgan fingerprint density at radius 1 is 1.33 bits per heavy atom. The van der Waals surface area contributed by atoms with Crippen LogP contribution in [0.4, 0.5) is 0 Å². The van der Waals surface area contributed by atoms with Gasteiger partial charge in [0.25, 0.3) is 0 Å². The molecular formula is C10H18N4Si. The zero-order chi connectivity index (χ0) is 11.3. The van der Waals surface area contributed by atoms with Crippen LogP contribution in [0.5, 0.6) is 0 Å². The van der Waals surface area contributed by atoms with Gasteiger partial charge in [-0.25, -0.2) is 9.97 Å². The van der Waals surface area contributed by atoms with Gasteiger partial charge in [-0.15, -0.1) is 0 Å². The molecule has 0 saturated heterocycles. The maximum Gasteiger partial charge on any atom is 0.128 e. The molecule has 15 heavy (non-hydrogen) atoms. The van der Waals surface area contributed by atoms with Gasteiger partial charge in [-0.1, -0.05) is 19.6 Å². The van der Waals surface area contributed by atoms with Crippen LogP contribution in [0, 0.1) is 0 Å². The highest BCUT2D eigenvalue weighted by molar-refractivity contribution is 6.76. The van der Waals surface area contributed by atoms with Crippen molar-refractivity contribution in [2.45, 2.75) is 25.7 Å². The fourth-order valence-electron chi connectivity index (χ4n) is 1.03. The van der Waals surface area contributed by atoms with E-state index in [1.165, 1.54) is 6.33 Å². The van der Waals surface area contributed by atoms with E-state index in [2.05, 4.69) is 34.6 Å². The topological polar surface area (TPSA) is 64.2 Å². The van der Waals surface area contributed by atoms with Crippen LogP contribution in [-0.2, 0) is 0 Å². The number of aromatic nitrogens is 2. The van der Waals surface area contributed by atoms with Crippen LogP contribution in [0.15, 0.2) is 23.7 Å². The molecular weight excluding hydrogens is 204 g/mol. The minimum atomic E-state index is -1.02. The van der Waals surface area contributed by atoms with E-state index >= 15 is 0 Å². The molecule has 0 saturated carbocycles. The van der Waals surface area contributed by atoms with E-state index in [0.717, 1.165) is 18.2 Å². The maximum atomic E-state index is 5.81. The summed E-state index contributed by atoms with van der Waals surface area (Å²) in [6, 6.07) is 1.15. The summed E-state index contributed by atoms with van der Waals surface area (Å²) in [6.45, 7) is 7.77. The average molecular weight is 222 g/mol. The van der Waals surface area contributed by atoms with Gasteiger partial charge >= 0.3 is 0 Å². The van der Waals surface area contributed by atoms with Crippen molar-refractivity contribution >= 4 is 13.9 Å². The Kier molecular flexibility index (Phi) is 3.96. The van der Waals surface area contributed by atoms with Crippen molar-refractivity contribution in [3.05, 3.63) is 24.3 Å². The van der Waals surface area contributed by atoms with E-state index in [-0.39, 0.29) is 0 Å². The third-order valence-corrected chi connectivity index (χ3v) is 3.72. The maximum absolute atomic E-state index is 5.81. The quantitative estimate of drug-likeness (QED) is 0.477. The van der Waals surface area contributed by atoms with Gasteiger partial charge in [0, 0.05) is 27.0 Å². The fraction of sp³-hybridized carbons (Fsp3) is 0.500. The number of nitrogens with two attached hydrogens (primary N) is 1. The van der Waals surface area contributed by atoms with Crippen molar-refractivity contribution < 1.29 is 0 Å². The molecule has 2 N–H and O–H groups in total. The molecule has 0 aliphatic carbocycles. The van der Waals surface area contributed by atoms with Crippen LogP contribution in [0.25, 0.3) is 0 Å². The average Bonchev–Trinajstić information content (AvgIpc) is 2.17. The second-order valence-electron chi connectivity index (χ2n) is 4.70. The summed E-state index contributed by atoms with van der Waals surface area (Å²) in [6.07, 6.45) is 4.85. The number of aliphatic imine (C=N–C) groups is 1. The third kappa shape index (κ3) is 4.69. The first kappa shape index (κ1) is 11.8. The van der Waals surface area contributed by atoms with Gasteiger partial charge in [-0.2, -0.15) is 0 Å². The van der Waals surface area contributed by atoms with Crippen LogP contribution < -0.4 is 5.73 Å². The van der Waals surface area contributed by atoms with E-state index in [0.29, 0.717) is 5.84 Å². The van der Waals surface area contributed by atoms with Gasteiger partial charge in [0.1, 0.15) is 12.2 Å². The van der Waals surface area contributed by atoms with Crippen molar-refractivity contribution in [1.82, 2.24) is 9.97 Å². The predicted molar refractivity (Wildman–Crippen MR) is 65.8 cm³/mol. The van der Waals surface area contributed by atoms with Gasteiger partial charge < -0.3 is 5.73 Å². The molecule has 1 rings (SSSR count). The summed E-state index contributed by atoms with van der Waals surface area (Å²) >= 11 is 0. The van der Waals surface area contributed by atoms with Crippen molar-refractivity contribution in [3.8, 4) is 0 Å². The summed E-state index contributed by atoms with van der Waals surface area (Å²) in [5, 5.41) is 0. The van der Waals surface area contributed by atoms with Gasteiger partial charge in [0.15, 0.2) is 0 Å². The molecule has 0 aliphatic heterocycles. The molecule has 0 fully saturated rings. The normalized spacial score (nSPS) is 12.9. The SMILES string of the molecule is C[Si](C)(C)CCN=C(N)c1cncnc1. The highest BCUT2D eigenvalue weighted by Gasteiger charge is 2.11. The van der Waals surface area contributed by atoms with Gasteiger partial charge in [0.05, 0.1) is 5.56 Å². The highest BCUT2D eigenvalue weighted by Crippen LogP contribution is 2.07. The van der Waals surface area contributed by atoms with Gasteiger partial charge in [-0.05, 0) is 6.04 Å². The first-order valence-corrected chi connectivity index (χ1v) is 8.75. The lowest BCUT2D eigenvalue weighted by Crippen LogP contribution is -2.22. The lowest BCUT2D eigenvalue weighted by molar-refractivity contribution is 1.08. The molecule has 0 aromatic carbocycles. The molecule has 0 unspecified atom stereocenters. The van der Waals surface area contributed by atoms with Gasteiger partial charge in [-0.3, -0.25) is 4.99 Å². The Morgan fingerprint density at radius 3 is 2.47 bits per heavy atom. The van der Waals surface area contributed by atoms with Crippen molar-refractivity contribution in [1.29, 1.82) is 0 Å². The van der Waals surface area contributed by atoms with E-state index < -0.39 is 8.07 Å². The van der Waals surface area contributed by atoms with Crippen LogP contribution in [0.1, 0.15) is 5.56 Å². The summed E-state index contributed by atoms with van der Waals surface area (Å²) < 4.78 is 0. The van der Waals surface area contributed by atoms with Crippen molar-refractivity contribution in [2.24, 2.45) is 10.7 Å². The standard InChI is InChI=1S/C10H18N4Si/c1-15(2,3)5-4-14-10(11)9-6-12-8-13-7-9/h6-8H,4-5H2,1-3H3,(H2,11,14). The molecule has 0 amide bonds. The molecule has 1 aromatic heterocycles. The van der Waals surface area contributed by atoms with Crippen LogP contribution in [0.2, 0.25) is 25.7 Å². The number of nitrogens with zero attached hydrogens (tertiary/aromatic N) is 3. The second-order valence-corrected chi connectivity index (χ2v) is 10.3. The summed E-state index contributed by atoms with van der Waals surface area (Å²) in [5.74, 6) is 0.536. The van der Waals surface area contributed by atoms with E-state index in [9.17, 15) is 0 Å². The number of amidine groups is 1. The summed E-state index contributed by atoms with van der Waals surface area (Å²) in [7, 11) is -1.02. The third-order valence-electron chi connectivity index (χ3n) is 2.00. The largest absolute Gasteiger partial charge is 0.383 e. The Morgan fingerprint density at radius 2 is 1.93 bits per heavy atom. The summed E-state index contributed by atoms with van der Waals surface area (Å²) in [5.41, 5.74) is 6.61. The molecule has 1 aromatic rings. The molecule has 0 radical (unpaired) electrons. The minimum Gasteiger partial charge on any atom is -0.383 e. The van der Waals surface area contributed by atoms with E-state index in [4.69, 9.17) is 5.73 Å². The number of rotatable bonds is 4. The summed E-state index contributed by atoms with van der Waals surface area (Å²) in [4.78, 5) is 12.1. The Balaban J connectivity index is 2.54. The lowest BCUT2D eigenvalue weighted by Gasteiger charge is -2.13. The van der Waals surface area contributed by atoms with Gasteiger partial charge in [0.2, 0.25) is 0 Å². The minimum absolute atomic E-state index is 0.536. The Labute approximate surface area is 91.7 Å². The smallest absolute Gasteiger partial charge is 0.128 e. The first-order valence-electron chi connectivity index (χ1n) is 5.04. The van der Waals surface area contributed by atoms with Crippen molar-refractivity contribution in [3.63, 3.8) is 0 Å². The zero-order valence-corrected chi connectivity index (χ0v) is 10.6.